The quantitative estimate of drug-likeness (QED) is 0.719. The van der Waals surface area contributed by atoms with E-state index in [1.165, 1.54) is 4.57 Å². The number of ether oxygens (including phenoxy) is 1. The third-order valence-corrected chi connectivity index (χ3v) is 4.89. The first-order valence-electron chi connectivity index (χ1n) is 8.86. The number of carbonyl (C=O) groups is 1. The molecule has 3 rings (SSSR count). The van der Waals surface area contributed by atoms with Crippen molar-refractivity contribution in [3.63, 3.8) is 0 Å². The van der Waals surface area contributed by atoms with Crippen LogP contribution in [0.3, 0.4) is 0 Å². The van der Waals surface area contributed by atoms with E-state index in [0.29, 0.717) is 16.5 Å². The van der Waals surface area contributed by atoms with E-state index >= 15 is 0 Å². The van der Waals surface area contributed by atoms with Crippen molar-refractivity contribution in [3.05, 3.63) is 24.0 Å². The molecule has 0 unspecified atom stereocenters. The summed E-state index contributed by atoms with van der Waals surface area (Å²) in [5, 5.41) is 9.86. The largest absolute Gasteiger partial charge is 0.497 e. The summed E-state index contributed by atoms with van der Waals surface area (Å²) in [4.78, 5) is 17.0. The number of hydrogen-bond acceptors (Lipinski definition) is 6. The minimum absolute atomic E-state index is 0.214. The summed E-state index contributed by atoms with van der Waals surface area (Å²) in [6, 6.07) is 5.36. The molecule has 0 aliphatic carbocycles. The van der Waals surface area contributed by atoms with E-state index in [1.807, 2.05) is 33.8 Å². The number of fused-ring (bicyclic) bond motifs is 1. The van der Waals surface area contributed by atoms with E-state index in [4.69, 9.17) is 14.0 Å². The van der Waals surface area contributed by atoms with Gasteiger partial charge in [0.2, 0.25) is 0 Å². The molecule has 0 radical (unpaired) electrons. The summed E-state index contributed by atoms with van der Waals surface area (Å²) in [5.74, 6) is 0. The second-order valence-electron chi connectivity index (χ2n) is 8.70. The minimum Gasteiger partial charge on any atom is -0.443 e. The number of nitrogens with zero attached hydrogens (tertiary/aromatic N) is 3. The summed E-state index contributed by atoms with van der Waals surface area (Å²) in [6.07, 6.45) is 1.05. The fraction of sp³-hybridized carbons (Fsp3) is 0.526. The number of rotatable bonds is 1. The molecule has 1 aliphatic heterocycles. The summed E-state index contributed by atoms with van der Waals surface area (Å²) in [7, 11) is -0.657. The molecule has 0 saturated carbocycles. The fourth-order valence-corrected chi connectivity index (χ4v) is 2.80. The van der Waals surface area contributed by atoms with Gasteiger partial charge >= 0.3 is 13.2 Å². The molecule has 0 amide bonds. The molecule has 2 aromatic rings. The molecule has 142 valence electrons. The average Bonchev–Trinajstić information content (AvgIpc) is 2.99. The van der Waals surface area contributed by atoms with Crippen molar-refractivity contribution in [3.8, 4) is 6.07 Å². The molecule has 0 bridgehead atoms. The highest BCUT2D eigenvalue weighted by molar-refractivity contribution is 6.65. The molecule has 0 atom stereocenters. The lowest BCUT2D eigenvalue weighted by atomic mass is 9.79. The maximum Gasteiger partial charge on any atom is 0.497 e. The van der Waals surface area contributed by atoms with Gasteiger partial charge in [0.05, 0.1) is 11.2 Å². The van der Waals surface area contributed by atoms with E-state index in [0.717, 1.165) is 0 Å². The topological polar surface area (TPSA) is 86.4 Å². The van der Waals surface area contributed by atoms with Crippen molar-refractivity contribution in [1.82, 2.24) is 9.55 Å². The molecule has 1 fully saturated rings. The summed E-state index contributed by atoms with van der Waals surface area (Å²) < 4.78 is 19.0. The van der Waals surface area contributed by atoms with Gasteiger partial charge in [-0.2, -0.15) is 5.26 Å². The van der Waals surface area contributed by atoms with Crippen molar-refractivity contribution >= 4 is 29.7 Å². The molecule has 2 aromatic heterocycles. The van der Waals surface area contributed by atoms with Gasteiger partial charge in [0.1, 0.15) is 17.4 Å². The van der Waals surface area contributed by atoms with Crippen LogP contribution in [0.5, 0.6) is 0 Å². The summed E-state index contributed by atoms with van der Waals surface area (Å²) in [6.45, 7) is 13.2. The molecular weight excluding hydrogens is 345 g/mol. The van der Waals surface area contributed by atoms with Crippen LogP contribution in [-0.2, 0) is 14.0 Å². The van der Waals surface area contributed by atoms with Gasteiger partial charge in [-0.05, 0) is 60.6 Å². The van der Waals surface area contributed by atoms with Gasteiger partial charge in [-0.25, -0.2) is 14.3 Å². The second-order valence-corrected chi connectivity index (χ2v) is 8.70. The lowest BCUT2D eigenvalue weighted by Crippen LogP contribution is -2.41. The normalized spacial score (nSPS) is 18.5. The Labute approximate surface area is 159 Å². The van der Waals surface area contributed by atoms with Crippen molar-refractivity contribution in [2.75, 3.05) is 0 Å². The smallest absolute Gasteiger partial charge is 0.443 e. The average molecular weight is 369 g/mol. The first-order valence-corrected chi connectivity index (χ1v) is 8.86. The molecule has 7 nitrogen and oxygen atoms in total. The summed E-state index contributed by atoms with van der Waals surface area (Å²) >= 11 is 0. The Balaban J connectivity index is 2.13. The first-order chi connectivity index (χ1) is 12.3. The first kappa shape index (κ1) is 19.4. The van der Waals surface area contributed by atoms with Crippen LogP contribution in [0.2, 0.25) is 0 Å². The third kappa shape index (κ3) is 3.45. The Morgan fingerprint density at radius 2 is 1.81 bits per heavy atom. The maximum absolute atomic E-state index is 12.7. The van der Waals surface area contributed by atoms with Crippen molar-refractivity contribution in [1.29, 1.82) is 5.26 Å². The van der Waals surface area contributed by atoms with Crippen LogP contribution in [0.15, 0.2) is 18.3 Å². The van der Waals surface area contributed by atoms with Gasteiger partial charge in [0.25, 0.3) is 0 Å². The Bertz CT molecular complexity index is 934. The maximum atomic E-state index is 12.7. The van der Waals surface area contributed by atoms with Gasteiger partial charge in [-0.15, -0.1) is 0 Å². The zero-order chi connectivity index (χ0) is 20.2. The molecule has 0 aromatic carbocycles. The Morgan fingerprint density at radius 3 is 2.33 bits per heavy atom. The third-order valence-electron chi connectivity index (χ3n) is 4.89. The zero-order valence-corrected chi connectivity index (χ0v) is 16.8. The number of hydrogen-bond donors (Lipinski definition) is 0. The van der Waals surface area contributed by atoms with Crippen LogP contribution in [0.1, 0.15) is 54.2 Å². The van der Waals surface area contributed by atoms with Crippen LogP contribution in [0.25, 0.3) is 11.0 Å². The molecule has 0 N–H and O–H groups in total. The van der Waals surface area contributed by atoms with Crippen LogP contribution in [0.4, 0.5) is 4.79 Å². The van der Waals surface area contributed by atoms with Crippen molar-refractivity contribution in [2.45, 2.75) is 65.3 Å². The molecular formula is C19H24BN3O4. The van der Waals surface area contributed by atoms with E-state index < -0.39 is 30.0 Å². The van der Waals surface area contributed by atoms with Crippen LogP contribution in [0, 0.1) is 11.3 Å². The van der Waals surface area contributed by atoms with Gasteiger partial charge < -0.3 is 14.0 Å². The standard InChI is InChI=1S/C19H24BN3O4/c1-17(2,3)25-16(24)23-11-14(13-9-8-12(10-21)22-15(13)23)20-26-18(4,5)19(6,7)27-20/h8-9,11H,1-7H3. The second kappa shape index (κ2) is 6.08. The van der Waals surface area contributed by atoms with E-state index in [9.17, 15) is 10.1 Å². The molecule has 1 aliphatic rings. The van der Waals surface area contributed by atoms with Gasteiger partial charge in [0, 0.05) is 17.0 Å². The molecule has 3 heterocycles. The highest BCUT2D eigenvalue weighted by Crippen LogP contribution is 2.37. The van der Waals surface area contributed by atoms with Crippen molar-refractivity contribution < 1.29 is 18.8 Å². The molecule has 1 saturated heterocycles. The lowest BCUT2D eigenvalue weighted by Gasteiger charge is -2.32. The molecule has 0 spiro atoms. The predicted octanol–water partition coefficient (Wildman–Crippen LogP) is 2.99. The Hall–Kier alpha value is -2.37. The Kier molecular flexibility index (Phi) is 4.37. The monoisotopic (exact) mass is 369 g/mol. The number of aromatic nitrogens is 2. The van der Waals surface area contributed by atoms with Crippen molar-refractivity contribution in [2.24, 2.45) is 0 Å². The highest BCUT2D eigenvalue weighted by Gasteiger charge is 2.52. The lowest BCUT2D eigenvalue weighted by molar-refractivity contribution is 0.00578. The van der Waals surface area contributed by atoms with Crippen LogP contribution >= 0.6 is 0 Å². The fourth-order valence-electron chi connectivity index (χ4n) is 2.80. The number of pyridine rings is 1. The van der Waals surface area contributed by atoms with Gasteiger partial charge in [-0.3, -0.25) is 0 Å². The zero-order valence-electron chi connectivity index (χ0n) is 16.8. The van der Waals surface area contributed by atoms with E-state index in [2.05, 4.69) is 4.98 Å². The molecule has 27 heavy (non-hydrogen) atoms. The van der Waals surface area contributed by atoms with E-state index in [-0.39, 0.29) is 5.69 Å². The van der Waals surface area contributed by atoms with Crippen LogP contribution < -0.4 is 5.46 Å². The predicted molar refractivity (Wildman–Crippen MR) is 102 cm³/mol. The highest BCUT2D eigenvalue weighted by atomic mass is 16.7. The molecule has 8 heteroatoms. The Morgan fingerprint density at radius 1 is 1.22 bits per heavy atom. The summed E-state index contributed by atoms with van der Waals surface area (Å²) in [5.41, 5.74) is -0.466. The number of carbonyl (C=O) groups excluding carboxylic acids is 1. The van der Waals surface area contributed by atoms with E-state index in [1.54, 1.807) is 39.1 Å². The van der Waals surface area contributed by atoms with Gasteiger partial charge in [-0.1, -0.05) is 0 Å². The minimum atomic E-state index is -0.662. The number of nitriles is 1. The van der Waals surface area contributed by atoms with Crippen LogP contribution in [-0.4, -0.2) is 39.6 Å². The van der Waals surface area contributed by atoms with Gasteiger partial charge in [0.15, 0.2) is 5.65 Å². The SMILES string of the molecule is CC(C)(C)OC(=O)n1cc(B2OC(C)(C)C(C)(C)O2)c2ccc(C#N)nc21.